The number of rotatable bonds is 3. The van der Waals surface area contributed by atoms with Gasteiger partial charge in [0.05, 0.1) is 6.54 Å². The van der Waals surface area contributed by atoms with Crippen molar-refractivity contribution >= 4 is 17.3 Å². The van der Waals surface area contributed by atoms with E-state index in [2.05, 4.69) is 15.8 Å². The molecule has 0 atom stereocenters. The summed E-state index contributed by atoms with van der Waals surface area (Å²) in [6.07, 6.45) is 0. The number of nitrogens with one attached hydrogen (secondary N) is 2. The van der Waals surface area contributed by atoms with Crippen LogP contribution in [0.15, 0.2) is 10.6 Å². The van der Waals surface area contributed by atoms with Crippen LogP contribution in [-0.4, -0.2) is 16.8 Å². The molecule has 5 heteroatoms. The Kier molecular flexibility index (Phi) is 3.70. The number of hydrogen-bond donors (Lipinski definition) is 2. The standard InChI is InChI=1S/C8H13N3OS/c1-3-9-8(13)10-5-7-4-6(2)12-11-7/h4H,3,5H2,1-2H3,(H2,9,10,13). The highest BCUT2D eigenvalue weighted by atomic mass is 32.1. The van der Waals surface area contributed by atoms with Crippen LogP contribution in [0.2, 0.25) is 0 Å². The fraction of sp³-hybridized carbons (Fsp3) is 0.500. The fourth-order valence-corrected chi connectivity index (χ4v) is 1.11. The zero-order chi connectivity index (χ0) is 9.68. The van der Waals surface area contributed by atoms with Crippen molar-refractivity contribution in [2.24, 2.45) is 0 Å². The van der Waals surface area contributed by atoms with E-state index >= 15 is 0 Å². The van der Waals surface area contributed by atoms with Gasteiger partial charge in [-0.3, -0.25) is 0 Å². The largest absolute Gasteiger partial charge is 0.363 e. The van der Waals surface area contributed by atoms with Gasteiger partial charge in [-0.1, -0.05) is 5.16 Å². The first-order chi connectivity index (χ1) is 6.22. The number of aryl methyl sites for hydroxylation is 1. The SMILES string of the molecule is CCNC(=S)NCc1cc(C)on1. The van der Waals surface area contributed by atoms with Gasteiger partial charge in [-0.25, -0.2) is 0 Å². The normalized spacial score (nSPS) is 9.69. The Hall–Kier alpha value is -1.10. The van der Waals surface area contributed by atoms with Gasteiger partial charge in [-0.05, 0) is 26.1 Å². The van der Waals surface area contributed by atoms with E-state index < -0.39 is 0 Å². The van der Waals surface area contributed by atoms with E-state index in [4.69, 9.17) is 16.7 Å². The van der Waals surface area contributed by atoms with E-state index in [1.807, 2.05) is 19.9 Å². The molecular formula is C8H13N3OS. The first-order valence-electron chi connectivity index (χ1n) is 4.16. The minimum Gasteiger partial charge on any atom is -0.363 e. The van der Waals surface area contributed by atoms with Crippen molar-refractivity contribution in [3.05, 3.63) is 17.5 Å². The topological polar surface area (TPSA) is 50.1 Å². The molecule has 72 valence electrons. The van der Waals surface area contributed by atoms with Crippen molar-refractivity contribution < 1.29 is 4.52 Å². The molecule has 4 nitrogen and oxygen atoms in total. The molecule has 1 heterocycles. The van der Waals surface area contributed by atoms with Crippen LogP contribution in [0.25, 0.3) is 0 Å². The van der Waals surface area contributed by atoms with Crippen molar-refractivity contribution in [2.45, 2.75) is 20.4 Å². The van der Waals surface area contributed by atoms with E-state index in [-0.39, 0.29) is 0 Å². The Morgan fingerprint density at radius 1 is 1.62 bits per heavy atom. The van der Waals surface area contributed by atoms with E-state index in [0.29, 0.717) is 11.7 Å². The second-order valence-corrected chi connectivity index (χ2v) is 3.05. The third-order valence-electron chi connectivity index (χ3n) is 1.44. The Morgan fingerprint density at radius 3 is 2.92 bits per heavy atom. The Labute approximate surface area is 82.7 Å². The summed E-state index contributed by atoms with van der Waals surface area (Å²) in [5.41, 5.74) is 0.859. The van der Waals surface area contributed by atoms with Crippen LogP contribution in [-0.2, 0) is 6.54 Å². The predicted molar refractivity (Wildman–Crippen MR) is 54.4 cm³/mol. The summed E-state index contributed by atoms with van der Waals surface area (Å²) in [5.74, 6) is 0.811. The van der Waals surface area contributed by atoms with E-state index in [1.54, 1.807) is 0 Å². The Morgan fingerprint density at radius 2 is 2.38 bits per heavy atom. The molecule has 0 fully saturated rings. The molecule has 0 aliphatic rings. The molecule has 0 aromatic carbocycles. The van der Waals surface area contributed by atoms with E-state index in [0.717, 1.165) is 18.0 Å². The number of thiocarbonyl (C=S) groups is 1. The predicted octanol–water partition coefficient (Wildman–Crippen LogP) is 0.967. The Balaban J connectivity index is 2.30. The van der Waals surface area contributed by atoms with Gasteiger partial charge in [0.25, 0.3) is 0 Å². The van der Waals surface area contributed by atoms with Gasteiger partial charge in [-0.2, -0.15) is 0 Å². The summed E-state index contributed by atoms with van der Waals surface area (Å²) >= 11 is 4.98. The second-order valence-electron chi connectivity index (χ2n) is 2.64. The van der Waals surface area contributed by atoms with Crippen molar-refractivity contribution in [2.75, 3.05) is 6.54 Å². The lowest BCUT2D eigenvalue weighted by Gasteiger charge is -2.05. The molecule has 0 spiro atoms. The zero-order valence-corrected chi connectivity index (χ0v) is 8.57. The lowest BCUT2D eigenvalue weighted by molar-refractivity contribution is 0.390. The summed E-state index contributed by atoms with van der Waals surface area (Å²) in [6, 6.07) is 1.88. The number of hydrogen-bond acceptors (Lipinski definition) is 3. The highest BCUT2D eigenvalue weighted by molar-refractivity contribution is 7.80. The van der Waals surface area contributed by atoms with Gasteiger partial charge in [0.1, 0.15) is 11.5 Å². The van der Waals surface area contributed by atoms with Gasteiger partial charge >= 0.3 is 0 Å². The number of aromatic nitrogens is 1. The van der Waals surface area contributed by atoms with Gasteiger partial charge < -0.3 is 15.2 Å². The maximum absolute atomic E-state index is 4.98. The van der Waals surface area contributed by atoms with Gasteiger partial charge in [0.2, 0.25) is 0 Å². The molecule has 0 unspecified atom stereocenters. The summed E-state index contributed by atoms with van der Waals surface area (Å²) in [7, 11) is 0. The first-order valence-corrected chi connectivity index (χ1v) is 4.57. The highest BCUT2D eigenvalue weighted by Gasteiger charge is 1.99. The van der Waals surface area contributed by atoms with Crippen LogP contribution in [0.5, 0.6) is 0 Å². The van der Waals surface area contributed by atoms with E-state index in [9.17, 15) is 0 Å². The lowest BCUT2D eigenvalue weighted by atomic mass is 10.4. The fourth-order valence-electron chi connectivity index (χ4n) is 0.895. The van der Waals surface area contributed by atoms with Crippen molar-refractivity contribution in [1.82, 2.24) is 15.8 Å². The summed E-state index contributed by atoms with van der Waals surface area (Å²) < 4.78 is 4.90. The lowest BCUT2D eigenvalue weighted by Crippen LogP contribution is -2.34. The third-order valence-corrected chi connectivity index (χ3v) is 1.73. The summed E-state index contributed by atoms with van der Waals surface area (Å²) in [6.45, 7) is 5.28. The minimum atomic E-state index is 0.600. The number of nitrogens with zero attached hydrogens (tertiary/aromatic N) is 1. The molecule has 0 saturated carbocycles. The molecule has 0 aliphatic heterocycles. The molecule has 0 amide bonds. The average molecular weight is 199 g/mol. The molecule has 0 aliphatic carbocycles. The quantitative estimate of drug-likeness (QED) is 0.710. The maximum atomic E-state index is 4.98. The minimum absolute atomic E-state index is 0.600. The Bertz CT molecular complexity index is 285. The van der Waals surface area contributed by atoms with Crippen LogP contribution >= 0.6 is 12.2 Å². The van der Waals surface area contributed by atoms with Gasteiger partial charge in [0, 0.05) is 12.6 Å². The molecule has 1 aromatic rings. The van der Waals surface area contributed by atoms with Crippen LogP contribution in [0, 0.1) is 6.92 Å². The van der Waals surface area contributed by atoms with Gasteiger partial charge in [0.15, 0.2) is 5.11 Å². The van der Waals surface area contributed by atoms with Crippen molar-refractivity contribution in [3.8, 4) is 0 Å². The molecule has 0 saturated heterocycles. The highest BCUT2D eigenvalue weighted by Crippen LogP contribution is 2.00. The molecule has 1 rings (SSSR count). The van der Waals surface area contributed by atoms with Crippen molar-refractivity contribution in [3.63, 3.8) is 0 Å². The molecule has 2 N–H and O–H groups in total. The summed E-state index contributed by atoms with van der Waals surface area (Å²) in [5, 5.41) is 10.5. The van der Waals surface area contributed by atoms with Gasteiger partial charge in [-0.15, -0.1) is 0 Å². The van der Waals surface area contributed by atoms with Crippen molar-refractivity contribution in [1.29, 1.82) is 0 Å². The third kappa shape index (κ3) is 3.42. The summed E-state index contributed by atoms with van der Waals surface area (Å²) in [4.78, 5) is 0. The molecular weight excluding hydrogens is 186 g/mol. The van der Waals surface area contributed by atoms with E-state index in [1.165, 1.54) is 0 Å². The molecule has 1 aromatic heterocycles. The molecule has 0 radical (unpaired) electrons. The van der Waals surface area contributed by atoms with Crippen LogP contribution in [0.1, 0.15) is 18.4 Å². The van der Waals surface area contributed by atoms with Crippen LogP contribution in [0.4, 0.5) is 0 Å². The average Bonchev–Trinajstić information content (AvgIpc) is 2.49. The maximum Gasteiger partial charge on any atom is 0.166 e. The van der Waals surface area contributed by atoms with Crippen LogP contribution < -0.4 is 10.6 Å². The smallest absolute Gasteiger partial charge is 0.166 e. The monoisotopic (exact) mass is 199 g/mol. The van der Waals surface area contributed by atoms with Crippen LogP contribution in [0.3, 0.4) is 0 Å². The molecule has 0 bridgehead atoms. The second kappa shape index (κ2) is 4.81. The molecule has 13 heavy (non-hydrogen) atoms. The first kappa shape index (κ1) is 9.98. The zero-order valence-electron chi connectivity index (χ0n) is 7.76.